The monoisotopic (exact) mass is 233 g/mol. The quantitative estimate of drug-likeness (QED) is 0.762. The van der Waals surface area contributed by atoms with Crippen LogP contribution in [0.5, 0.6) is 5.75 Å². The van der Waals surface area contributed by atoms with Crippen molar-refractivity contribution in [2.24, 2.45) is 5.92 Å². The molecule has 0 heterocycles. The molecule has 1 aromatic rings. The number of hydrogen-bond donors (Lipinski definition) is 1. The van der Waals surface area contributed by atoms with E-state index >= 15 is 0 Å². The molecule has 1 aliphatic rings. The van der Waals surface area contributed by atoms with Crippen molar-refractivity contribution in [1.82, 2.24) is 5.32 Å². The summed E-state index contributed by atoms with van der Waals surface area (Å²) in [5, 5.41) is 3.53. The van der Waals surface area contributed by atoms with Crippen LogP contribution >= 0.6 is 0 Å². The Morgan fingerprint density at radius 2 is 2.24 bits per heavy atom. The van der Waals surface area contributed by atoms with Crippen molar-refractivity contribution in [2.45, 2.75) is 32.1 Å². The fourth-order valence-corrected chi connectivity index (χ4v) is 2.59. The highest BCUT2D eigenvalue weighted by atomic mass is 16.5. The van der Waals surface area contributed by atoms with Gasteiger partial charge in [0.1, 0.15) is 5.75 Å². The molecule has 0 amide bonds. The van der Waals surface area contributed by atoms with Crippen molar-refractivity contribution in [2.75, 3.05) is 20.2 Å². The minimum atomic E-state index is 0.731. The van der Waals surface area contributed by atoms with E-state index in [0.717, 1.165) is 30.7 Å². The van der Waals surface area contributed by atoms with Gasteiger partial charge in [0.2, 0.25) is 0 Å². The largest absolute Gasteiger partial charge is 0.497 e. The van der Waals surface area contributed by atoms with Crippen LogP contribution in [0.15, 0.2) is 24.3 Å². The van der Waals surface area contributed by atoms with Crippen LogP contribution in [0.25, 0.3) is 0 Å². The summed E-state index contributed by atoms with van der Waals surface area (Å²) in [7, 11) is 1.74. The Kier molecular flexibility index (Phi) is 4.43. The lowest BCUT2D eigenvalue weighted by Crippen LogP contribution is -2.34. The Balaban J connectivity index is 1.92. The molecule has 1 saturated carbocycles. The molecule has 0 bridgehead atoms. The summed E-state index contributed by atoms with van der Waals surface area (Å²) in [6.07, 6.45) is 3.90. The van der Waals surface area contributed by atoms with Gasteiger partial charge in [-0.1, -0.05) is 19.1 Å². The van der Waals surface area contributed by atoms with Crippen molar-refractivity contribution >= 4 is 0 Å². The molecule has 2 atom stereocenters. The average molecular weight is 233 g/mol. The fraction of sp³-hybridized carbons (Fsp3) is 0.600. The second-order valence-corrected chi connectivity index (χ2v) is 4.92. The molecule has 0 saturated heterocycles. The van der Waals surface area contributed by atoms with Gasteiger partial charge in [-0.15, -0.1) is 0 Å². The van der Waals surface area contributed by atoms with Crippen LogP contribution in [0.4, 0.5) is 0 Å². The average Bonchev–Trinajstić information content (AvgIpc) is 2.33. The van der Waals surface area contributed by atoms with Crippen molar-refractivity contribution in [3.05, 3.63) is 29.8 Å². The first-order chi connectivity index (χ1) is 8.35. The van der Waals surface area contributed by atoms with Crippen molar-refractivity contribution < 1.29 is 4.74 Å². The topological polar surface area (TPSA) is 21.3 Å². The molecule has 0 aromatic heterocycles. The lowest BCUT2D eigenvalue weighted by atomic mass is 9.70. The van der Waals surface area contributed by atoms with Crippen LogP contribution in [0.2, 0.25) is 0 Å². The summed E-state index contributed by atoms with van der Waals surface area (Å²) >= 11 is 0. The summed E-state index contributed by atoms with van der Waals surface area (Å²) in [6, 6.07) is 8.55. The van der Waals surface area contributed by atoms with Gasteiger partial charge >= 0.3 is 0 Å². The number of ether oxygens (including phenoxy) is 1. The molecule has 2 rings (SSSR count). The molecule has 94 valence electrons. The van der Waals surface area contributed by atoms with Crippen LogP contribution < -0.4 is 10.1 Å². The number of rotatable bonds is 6. The molecule has 1 aromatic carbocycles. The van der Waals surface area contributed by atoms with Crippen molar-refractivity contribution in [1.29, 1.82) is 0 Å². The maximum Gasteiger partial charge on any atom is 0.119 e. The van der Waals surface area contributed by atoms with E-state index < -0.39 is 0 Å². The highest BCUT2D eigenvalue weighted by Crippen LogP contribution is 2.42. The van der Waals surface area contributed by atoms with Gasteiger partial charge in [-0.3, -0.25) is 0 Å². The van der Waals surface area contributed by atoms with Gasteiger partial charge in [0, 0.05) is 0 Å². The Morgan fingerprint density at radius 1 is 1.35 bits per heavy atom. The predicted octanol–water partition coefficient (Wildman–Crippen LogP) is 3.19. The molecule has 1 N–H and O–H groups in total. The first-order valence-electron chi connectivity index (χ1n) is 6.69. The Morgan fingerprint density at radius 3 is 2.88 bits per heavy atom. The molecular formula is C15H23NO. The smallest absolute Gasteiger partial charge is 0.119 e. The standard InChI is InChI=1S/C15H23NO/c1-3-9-16-11-13-7-8-15(13)12-5-4-6-14(10-12)17-2/h4-6,10,13,15-16H,3,7-9,11H2,1-2H3. The van der Waals surface area contributed by atoms with E-state index in [1.807, 2.05) is 6.07 Å². The molecule has 0 aliphatic heterocycles. The van der Waals surface area contributed by atoms with Gasteiger partial charge < -0.3 is 10.1 Å². The van der Waals surface area contributed by atoms with Gasteiger partial charge in [-0.2, -0.15) is 0 Å². The minimum Gasteiger partial charge on any atom is -0.497 e. The highest BCUT2D eigenvalue weighted by Gasteiger charge is 2.31. The summed E-state index contributed by atoms with van der Waals surface area (Å²) in [5.74, 6) is 2.53. The molecule has 0 radical (unpaired) electrons. The van der Waals surface area contributed by atoms with E-state index in [9.17, 15) is 0 Å². The molecule has 2 nitrogen and oxygen atoms in total. The first-order valence-corrected chi connectivity index (χ1v) is 6.69. The molecule has 2 heteroatoms. The van der Waals surface area contributed by atoms with Crippen LogP contribution in [-0.4, -0.2) is 20.2 Å². The second-order valence-electron chi connectivity index (χ2n) is 4.92. The van der Waals surface area contributed by atoms with E-state index in [2.05, 4.69) is 30.4 Å². The third-order valence-corrected chi connectivity index (χ3v) is 3.77. The number of methoxy groups -OCH3 is 1. The molecular weight excluding hydrogens is 210 g/mol. The molecule has 1 aliphatic carbocycles. The summed E-state index contributed by atoms with van der Waals surface area (Å²) in [6.45, 7) is 4.52. The van der Waals surface area contributed by atoms with Crippen LogP contribution in [0, 0.1) is 5.92 Å². The first kappa shape index (κ1) is 12.4. The zero-order chi connectivity index (χ0) is 12.1. The van der Waals surface area contributed by atoms with Gasteiger partial charge in [-0.25, -0.2) is 0 Å². The Labute approximate surface area is 104 Å². The maximum atomic E-state index is 5.29. The summed E-state index contributed by atoms with van der Waals surface area (Å²) < 4.78 is 5.29. The maximum absolute atomic E-state index is 5.29. The van der Waals surface area contributed by atoms with Gasteiger partial charge in [-0.05, 0) is 61.9 Å². The third kappa shape index (κ3) is 3.01. The lowest BCUT2D eigenvalue weighted by molar-refractivity contribution is 0.245. The third-order valence-electron chi connectivity index (χ3n) is 3.77. The van der Waals surface area contributed by atoms with Crippen LogP contribution in [0.3, 0.4) is 0 Å². The van der Waals surface area contributed by atoms with E-state index in [4.69, 9.17) is 4.74 Å². The van der Waals surface area contributed by atoms with E-state index in [-0.39, 0.29) is 0 Å². The normalized spacial score (nSPS) is 23.2. The summed E-state index contributed by atoms with van der Waals surface area (Å²) in [5.41, 5.74) is 1.44. The fourth-order valence-electron chi connectivity index (χ4n) is 2.59. The minimum absolute atomic E-state index is 0.731. The molecule has 17 heavy (non-hydrogen) atoms. The van der Waals surface area contributed by atoms with Crippen LogP contribution in [-0.2, 0) is 0 Å². The lowest BCUT2D eigenvalue weighted by Gasteiger charge is -2.37. The molecule has 1 fully saturated rings. The second kappa shape index (κ2) is 6.06. The molecule has 0 spiro atoms. The number of benzene rings is 1. The summed E-state index contributed by atoms with van der Waals surface area (Å²) in [4.78, 5) is 0. The van der Waals surface area contributed by atoms with Crippen molar-refractivity contribution in [3.8, 4) is 5.75 Å². The molecule has 2 unspecified atom stereocenters. The highest BCUT2D eigenvalue weighted by molar-refractivity contribution is 5.32. The van der Waals surface area contributed by atoms with Gasteiger partial charge in [0.05, 0.1) is 7.11 Å². The SMILES string of the molecule is CCCNCC1CCC1c1cccc(OC)c1. The van der Waals surface area contributed by atoms with Gasteiger partial charge in [0.25, 0.3) is 0 Å². The Bertz CT molecular complexity index is 351. The van der Waals surface area contributed by atoms with Crippen LogP contribution in [0.1, 0.15) is 37.7 Å². The van der Waals surface area contributed by atoms with E-state index in [0.29, 0.717) is 0 Å². The number of hydrogen-bond acceptors (Lipinski definition) is 2. The van der Waals surface area contributed by atoms with Gasteiger partial charge in [0.15, 0.2) is 0 Å². The van der Waals surface area contributed by atoms with Crippen molar-refractivity contribution in [3.63, 3.8) is 0 Å². The predicted molar refractivity (Wildman–Crippen MR) is 71.6 cm³/mol. The Hall–Kier alpha value is -1.02. The van der Waals surface area contributed by atoms with E-state index in [1.165, 1.54) is 24.8 Å². The zero-order valence-electron chi connectivity index (χ0n) is 10.9. The number of nitrogens with one attached hydrogen (secondary N) is 1. The zero-order valence-corrected chi connectivity index (χ0v) is 10.9. The van der Waals surface area contributed by atoms with E-state index in [1.54, 1.807) is 7.11 Å².